The third-order valence-corrected chi connectivity index (χ3v) is 2.79. The predicted molar refractivity (Wildman–Crippen MR) is 62.5 cm³/mol. The fourth-order valence-electron chi connectivity index (χ4n) is 1.75. The molecule has 98 valence electrons. The number of nitrogens with two attached hydrogens (primary N) is 1. The van der Waals surface area contributed by atoms with E-state index in [2.05, 4.69) is 15.0 Å². The average molecular weight is 253 g/mol. The number of morpholine rings is 1. The predicted octanol–water partition coefficient (Wildman–Crippen LogP) is -0.932. The zero-order chi connectivity index (χ0) is 12.4. The smallest absolute Gasteiger partial charge is 0.323 e. The molecule has 8 heteroatoms. The number of ether oxygens (including phenoxy) is 3. The molecular formula is C10H15N5O3. The Hall–Kier alpha value is -1.67. The molecule has 0 bridgehead atoms. The van der Waals surface area contributed by atoms with Crippen LogP contribution in [0.25, 0.3) is 0 Å². The number of anilines is 2. The van der Waals surface area contributed by atoms with Crippen LogP contribution in [0.1, 0.15) is 0 Å². The second-order valence-electron chi connectivity index (χ2n) is 4.15. The van der Waals surface area contributed by atoms with Gasteiger partial charge in [-0.3, -0.25) is 0 Å². The lowest BCUT2D eigenvalue weighted by molar-refractivity contribution is -0.0831. The molecule has 0 spiro atoms. The van der Waals surface area contributed by atoms with Crippen LogP contribution in [0, 0.1) is 0 Å². The van der Waals surface area contributed by atoms with Crippen molar-refractivity contribution in [2.75, 3.05) is 50.2 Å². The minimum absolute atomic E-state index is 0.0179. The molecule has 1 aromatic rings. The van der Waals surface area contributed by atoms with E-state index in [1.54, 1.807) is 0 Å². The Morgan fingerprint density at radius 2 is 1.89 bits per heavy atom. The van der Waals surface area contributed by atoms with Crippen LogP contribution in [0.15, 0.2) is 0 Å². The van der Waals surface area contributed by atoms with Gasteiger partial charge < -0.3 is 24.8 Å². The van der Waals surface area contributed by atoms with E-state index in [0.29, 0.717) is 32.4 Å². The van der Waals surface area contributed by atoms with Crippen LogP contribution in [0.3, 0.4) is 0 Å². The maximum absolute atomic E-state index is 5.67. The van der Waals surface area contributed by atoms with Crippen molar-refractivity contribution < 1.29 is 14.2 Å². The van der Waals surface area contributed by atoms with E-state index in [-0.39, 0.29) is 18.1 Å². The van der Waals surface area contributed by atoms with E-state index in [0.717, 1.165) is 13.1 Å². The SMILES string of the molecule is Nc1nc(OC2COC2)nc(N2CCOCC2)n1. The van der Waals surface area contributed by atoms with E-state index in [9.17, 15) is 0 Å². The van der Waals surface area contributed by atoms with Gasteiger partial charge in [0.05, 0.1) is 26.4 Å². The molecule has 3 rings (SSSR count). The summed E-state index contributed by atoms with van der Waals surface area (Å²) in [5, 5.41) is 0. The van der Waals surface area contributed by atoms with Crippen LogP contribution >= 0.6 is 0 Å². The number of hydrogen-bond acceptors (Lipinski definition) is 8. The zero-order valence-corrected chi connectivity index (χ0v) is 9.91. The lowest BCUT2D eigenvalue weighted by Gasteiger charge is -2.28. The summed E-state index contributed by atoms with van der Waals surface area (Å²) in [5.74, 6) is 0.711. The third-order valence-electron chi connectivity index (χ3n) is 2.79. The van der Waals surface area contributed by atoms with Crippen molar-refractivity contribution in [1.82, 2.24) is 15.0 Å². The highest BCUT2D eigenvalue weighted by Crippen LogP contribution is 2.17. The summed E-state index contributed by atoms with van der Waals surface area (Å²) in [6.07, 6.45) is 0.0179. The van der Waals surface area contributed by atoms with E-state index in [1.807, 2.05) is 4.90 Å². The number of nitrogen functional groups attached to an aromatic ring is 1. The number of aromatic nitrogens is 3. The topological polar surface area (TPSA) is 95.6 Å². The molecule has 2 aliphatic heterocycles. The van der Waals surface area contributed by atoms with Crippen LogP contribution in [0.5, 0.6) is 6.01 Å². The molecule has 0 saturated carbocycles. The summed E-state index contributed by atoms with van der Waals surface area (Å²) in [6, 6.07) is 0.261. The van der Waals surface area contributed by atoms with Crippen LogP contribution in [0.2, 0.25) is 0 Å². The Morgan fingerprint density at radius 1 is 1.11 bits per heavy atom. The van der Waals surface area contributed by atoms with Gasteiger partial charge in [0.2, 0.25) is 11.9 Å². The van der Waals surface area contributed by atoms with Crippen molar-refractivity contribution in [2.24, 2.45) is 0 Å². The Kier molecular flexibility index (Phi) is 3.11. The fourth-order valence-corrected chi connectivity index (χ4v) is 1.75. The van der Waals surface area contributed by atoms with Gasteiger partial charge in [-0.1, -0.05) is 0 Å². The van der Waals surface area contributed by atoms with Crippen LogP contribution in [-0.2, 0) is 9.47 Å². The number of hydrogen-bond donors (Lipinski definition) is 1. The molecule has 2 saturated heterocycles. The molecule has 0 atom stereocenters. The van der Waals surface area contributed by atoms with Gasteiger partial charge >= 0.3 is 6.01 Å². The van der Waals surface area contributed by atoms with E-state index in [1.165, 1.54) is 0 Å². The first-order valence-electron chi connectivity index (χ1n) is 5.90. The highest BCUT2D eigenvalue weighted by molar-refractivity contribution is 5.36. The Bertz CT molecular complexity index is 420. The summed E-state index contributed by atoms with van der Waals surface area (Å²) in [7, 11) is 0. The first-order valence-corrected chi connectivity index (χ1v) is 5.90. The molecule has 2 aliphatic rings. The number of rotatable bonds is 3. The van der Waals surface area contributed by atoms with Crippen molar-refractivity contribution in [3.63, 3.8) is 0 Å². The molecule has 0 unspecified atom stereocenters. The summed E-state index contributed by atoms with van der Waals surface area (Å²) < 4.78 is 15.8. The van der Waals surface area contributed by atoms with Crippen molar-refractivity contribution in [1.29, 1.82) is 0 Å². The summed E-state index contributed by atoms with van der Waals surface area (Å²) in [5.41, 5.74) is 5.67. The maximum atomic E-state index is 5.67. The molecule has 18 heavy (non-hydrogen) atoms. The minimum atomic E-state index is 0.0179. The highest BCUT2D eigenvalue weighted by Gasteiger charge is 2.23. The Labute approximate surface area is 104 Å². The van der Waals surface area contributed by atoms with Crippen LogP contribution < -0.4 is 15.4 Å². The fraction of sp³-hybridized carbons (Fsp3) is 0.700. The summed E-state index contributed by atoms with van der Waals surface area (Å²) in [4.78, 5) is 14.4. The second-order valence-corrected chi connectivity index (χ2v) is 4.15. The monoisotopic (exact) mass is 253 g/mol. The first-order chi connectivity index (χ1) is 8.81. The van der Waals surface area contributed by atoms with Crippen molar-refractivity contribution >= 4 is 11.9 Å². The third kappa shape index (κ3) is 2.44. The molecule has 0 radical (unpaired) electrons. The van der Waals surface area contributed by atoms with E-state index < -0.39 is 0 Å². The Morgan fingerprint density at radius 3 is 2.56 bits per heavy atom. The number of nitrogens with zero attached hydrogens (tertiary/aromatic N) is 4. The zero-order valence-electron chi connectivity index (χ0n) is 9.91. The summed E-state index contributed by atoms with van der Waals surface area (Å²) in [6.45, 7) is 3.96. The lowest BCUT2D eigenvalue weighted by Crippen LogP contribution is -2.40. The van der Waals surface area contributed by atoms with Crippen molar-refractivity contribution in [2.45, 2.75) is 6.10 Å². The van der Waals surface area contributed by atoms with Crippen molar-refractivity contribution in [3.05, 3.63) is 0 Å². The average Bonchev–Trinajstić information content (AvgIpc) is 2.34. The molecule has 2 N–H and O–H groups in total. The van der Waals surface area contributed by atoms with Crippen LogP contribution in [-0.4, -0.2) is 60.6 Å². The van der Waals surface area contributed by atoms with E-state index in [4.69, 9.17) is 19.9 Å². The van der Waals surface area contributed by atoms with Gasteiger partial charge in [0, 0.05) is 13.1 Å². The second kappa shape index (κ2) is 4.91. The highest BCUT2D eigenvalue weighted by atomic mass is 16.6. The Balaban J connectivity index is 1.75. The standard InChI is InChI=1S/C10H15N5O3/c11-8-12-9(15-1-3-16-4-2-15)14-10(13-8)18-7-5-17-6-7/h7H,1-6H2,(H2,11,12,13,14). The molecule has 0 amide bonds. The van der Waals surface area contributed by atoms with Gasteiger partial charge in [0.1, 0.15) is 6.10 Å². The molecule has 0 aliphatic carbocycles. The maximum Gasteiger partial charge on any atom is 0.323 e. The molecular weight excluding hydrogens is 238 g/mol. The molecule has 3 heterocycles. The van der Waals surface area contributed by atoms with Crippen LogP contribution in [0.4, 0.5) is 11.9 Å². The van der Waals surface area contributed by atoms with Crippen molar-refractivity contribution in [3.8, 4) is 6.01 Å². The molecule has 1 aromatic heterocycles. The quantitative estimate of drug-likeness (QED) is 0.738. The summed E-state index contributed by atoms with van der Waals surface area (Å²) >= 11 is 0. The van der Waals surface area contributed by atoms with Gasteiger partial charge in [-0.25, -0.2) is 0 Å². The van der Waals surface area contributed by atoms with Gasteiger partial charge in [0.15, 0.2) is 0 Å². The van der Waals surface area contributed by atoms with Gasteiger partial charge in [-0.05, 0) is 0 Å². The molecule has 8 nitrogen and oxygen atoms in total. The first kappa shape index (κ1) is 11.4. The molecule has 0 aromatic carbocycles. The molecule has 2 fully saturated rings. The normalized spacial score (nSPS) is 20.6. The van der Waals surface area contributed by atoms with E-state index >= 15 is 0 Å². The van der Waals surface area contributed by atoms with Gasteiger partial charge in [0.25, 0.3) is 0 Å². The lowest BCUT2D eigenvalue weighted by atomic mass is 10.3. The van der Waals surface area contributed by atoms with Gasteiger partial charge in [-0.2, -0.15) is 15.0 Å². The largest absolute Gasteiger partial charge is 0.455 e. The van der Waals surface area contributed by atoms with Gasteiger partial charge in [-0.15, -0.1) is 0 Å². The minimum Gasteiger partial charge on any atom is -0.455 e.